The van der Waals surface area contributed by atoms with Gasteiger partial charge in [-0.3, -0.25) is 29.1 Å². The predicted molar refractivity (Wildman–Crippen MR) is 131 cm³/mol. The Morgan fingerprint density at radius 2 is 1.97 bits per heavy atom. The predicted octanol–water partition coefficient (Wildman–Crippen LogP) is 0.316. The van der Waals surface area contributed by atoms with E-state index in [0.29, 0.717) is 17.9 Å². The molecule has 3 N–H and O–H groups in total. The number of amides is 4. The molecule has 0 unspecified atom stereocenters. The Labute approximate surface area is 210 Å². The molecular weight excluding hydrogens is 464 g/mol. The van der Waals surface area contributed by atoms with Gasteiger partial charge in [0.2, 0.25) is 17.7 Å². The third-order valence-electron chi connectivity index (χ3n) is 5.75. The van der Waals surface area contributed by atoms with Crippen LogP contribution < -0.4 is 20.7 Å². The van der Waals surface area contributed by atoms with E-state index in [-0.39, 0.29) is 43.5 Å². The van der Waals surface area contributed by atoms with Crippen LogP contribution in [0.2, 0.25) is 0 Å². The van der Waals surface area contributed by atoms with Gasteiger partial charge in [-0.1, -0.05) is 26.0 Å². The normalized spacial score (nSPS) is 19.4. The topological polar surface area (TPSA) is 143 Å². The highest BCUT2D eigenvalue weighted by atomic mass is 16.5. The fraction of sp³-hybridized carbons (Fsp3) is 0.440. The van der Waals surface area contributed by atoms with E-state index in [1.54, 1.807) is 49.9 Å². The first-order valence-electron chi connectivity index (χ1n) is 11.9. The zero-order chi connectivity index (χ0) is 26.1. The van der Waals surface area contributed by atoms with Crippen LogP contribution in [0, 0.1) is 5.92 Å². The first-order valence-corrected chi connectivity index (χ1v) is 11.9. The Morgan fingerprint density at radius 3 is 2.69 bits per heavy atom. The second kappa shape index (κ2) is 12.6. The number of hydrogen-bond acceptors (Lipinski definition) is 7. The summed E-state index contributed by atoms with van der Waals surface area (Å²) in [6, 6.07) is 4.66. The van der Waals surface area contributed by atoms with Crippen LogP contribution in [0.1, 0.15) is 36.3 Å². The number of carbonyl (C=O) groups excluding carboxylic acids is 4. The van der Waals surface area contributed by atoms with E-state index in [4.69, 9.17) is 4.74 Å². The van der Waals surface area contributed by atoms with Crippen LogP contribution in [0.3, 0.4) is 0 Å². The Balaban J connectivity index is 1.82. The van der Waals surface area contributed by atoms with Crippen molar-refractivity contribution in [3.63, 3.8) is 0 Å². The third-order valence-corrected chi connectivity index (χ3v) is 5.75. The maximum Gasteiger partial charge on any atom is 0.255 e. The van der Waals surface area contributed by atoms with Crippen LogP contribution in [0.25, 0.3) is 0 Å². The Hall–Kier alpha value is -4.02. The summed E-state index contributed by atoms with van der Waals surface area (Å²) < 4.78 is 5.79. The van der Waals surface area contributed by atoms with Gasteiger partial charge in [0.05, 0.1) is 24.2 Å². The fourth-order valence-electron chi connectivity index (χ4n) is 3.69. The molecule has 0 aliphatic carbocycles. The van der Waals surface area contributed by atoms with Gasteiger partial charge in [0.25, 0.3) is 5.91 Å². The number of benzene rings is 1. The molecule has 1 aliphatic heterocycles. The molecule has 0 saturated heterocycles. The SMILES string of the molecule is CC(C)[C@@H]1NC(=O)C[C@@H](C(=O)NCCc2cnccn2)NC(=O)c2ccccc2OCCN(C)C1=O. The average molecular weight is 497 g/mol. The molecule has 11 heteroatoms. The van der Waals surface area contributed by atoms with Crippen molar-refractivity contribution < 1.29 is 23.9 Å². The lowest BCUT2D eigenvalue weighted by Crippen LogP contribution is -2.54. The highest BCUT2D eigenvalue weighted by molar-refractivity contribution is 6.01. The van der Waals surface area contributed by atoms with Crippen LogP contribution in [0.4, 0.5) is 0 Å². The first kappa shape index (κ1) is 26.6. The highest BCUT2D eigenvalue weighted by Crippen LogP contribution is 2.19. The number of fused-ring (bicyclic) bond motifs is 1. The van der Waals surface area contributed by atoms with E-state index in [2.05, 4.69) is 25.9 Å². The van der Waals surface area contributed by atoms with Gasteiger partial charge in [0.1, 0.15) is 24.4 Å². The summed E-state index contributed by atoms with van der Waals surface area (Å²) >= 11 is 0. The van der Waals surface area contributed by atoms with Gasteiger partial charge in [-0.15, -0.1) is 0 Å². The minimum absolute atomic E-state index is 0.150. The molecule has 1 aromatic heterocycles. The smallest absolute Gasteiger partial charge is 0.255 e. The minimum atomic E-state index is -1.17. The standard InChI is InChI=1S/C25H32N6O5/c1-16(2)22-25(35)31(3)12-13-36-20-7-5-4-6-18(20)23(33)29-19(14-21(32)30-22)24(34)28-9-8-17-15-26-10-11-27-17/h4-7,10-11,15-16,19,22H,8-9,12-14H2,1-3H3,(H,28,34)(H,29,33)(H,30,32)/t19-,22-/m0/s1. The van der Waals surface area contributed by atoms with Gasteiger partial charge >= 0.3 is 0 Å². The zero-order valence-corrected chi connectivity index (χ0v) is 20.7. The van der Waals surface area contributed by atoms with E-state index < -0.39 is 29.8 Å². The molecule has 1 aliphatic rings. The van der Waals surface area contributed by atoms with Crippen molar-refractivity contribution in [3.8, 4) is 5.75 Å². The second-order valence-corrected chi connectivity index (χ2v) is 8.86. The van der Waals surface area contributed by atoms with Crippen LogP contribution >= 0.6 is 0 Å². The summed E-state index contributed by atoms with van der Waals surface area (Å²) in [6.07, 6.45) is 4.80. The molecule has 0 spiro atoms. The van der Waals surface area contributed by atoms with Crippen molar-refractivity contribution in [3.05, 3.63) is 54.1 Å². The van der Waals surface area contributed by atoms with Gasteiger partial charge in [-0.25, -0.2) is 0 Å². The number of aromatic nitrogens is 2. The number of likely N-dealkylation sites (N-methyl/N-ethyl adjacent to an activating group) is 1. The summed E-state index contributed by atoms with van der Waals surface area (Å²) in [5.41, 5.74) is 0.917. The molecule has 4 amide bonds. The summed E-state index contributed by atoms with van der Waals surface area (Å²) in [5, 5.41) is 8.13. The Bertz CT molecular complexity index is 1080. The van der Waals surface area contributed by atoms with E-state index in [9.17, 15) is 19.2 Å². The molecular formula is C25H32N6O5. The number of rotatable bonds is 5. The summed E-state index contributed by atoms with van der Waals surface area (Å²) in [5.74, 6) is -1.73. The Morgan fingerprint density at radius 1 is 1.19 bits per heavy atom. The summed E-state index contributed by atoms with van der Waals surface area (Å²) in [4.78, 5) is 61.7. The zero-order valence-electron chi connectivity index (χ0n) is 20.7. The molecule has 0 bridgehead atoms. The number of carbonyl (C=O) groups is 4. The van der Waals surface area contributed by atoms with Gasteiger partial charge in [-0.05, 0) is 18.1 Å². The molecule has 1 aromatic carbocycles. The van der Waals surface area contributed by atoms with Crippen molar-refractivity contribution in [2.75, 3.05) is 26.7 Å². The van der Waals surface area contributed by atoms with Crippen molar-refractivity contribution in [2.45, 2.75) is 38.8 Å². The molecule has 192 valence electrons. The van der Waals surface area contributed by atoms with Gasteiger partial charge in [0.15, 0.2) is 0 Å². The second-order valence-electron chi connectivity index (χ2n) is 8.86. The van der Waals surface area contributed by atoms with Crippen LogP contribution in [0.15, 0.2) is 42.9 Å². The lowest BCUT2D eigenvalue weighted by molar-refractivity contribution is -0.137. The minimum Gasteiger partial charge on any atom is -0.491 e. The average Bonchev–Trinajstić information content (AvgIpc) is 2.86. The number of nitrogens with one attached hydrogen (secondary N) is 3. The fourth-order valence-corrected chi connectivity index (χ4v) is 3.69. The van der Waals surface area contributed by atoms with Crippen molar-refractivity contribution in [1.29, 1.82) is 0 Å². The number of ether oxygens (including phenoxy) is 1. The summed E-state index contributed by atoms with van der Waals surface area (Å²) in [6.45, 7) is 4.31. The lowest BCUT2D eigenvalue weighted by atomic mass is 10.0. The molecule has 0 radical (unpaired) electrons. The molecule has 2 atom stereocenters. The maximum absolute atomic E-state index is 13.1. The molecule has 2 aromatic rings. The third kappa shape index (κ3) is 7.24. The van der Waals surface area contributed by atoms with Crippen molar-refractivity contribution in [2.24, 2.45) is 5.92 Å². The number of hydrogen-bond donors (Lipinski definition) is 3. The lowest BCUT2D eigenvalue weighted by Gasteiger charge is -2.28. The van der Waals surface area contributed by atoms with Gasteiger partial charge in [0, 0.05) is 38.6 Å². The molecule has 36 heavy (non-hydrogen) atoms. The van der Waals surface area contributed by atoms with E-state index >= 15 is 0 Å². The quantitative estimate of drug-likeness (QED) is 0.541. The van der Waals surface area contributed by atoms with E-state index in [1.807, 2.05) is 13.8 Å². The van der Waals surface area contributed by atoms with Crippen molar-refractivity contribution in [1.82, 2.24) is 30.8 Å². The molecule has 0 fully saturated rings. The monoisotopic (exact) mass is 496 g/mol. The largest absolute Gasteiger partial charge is 0.491 e. The van der Waals surface area contributed by atoms with Crippen molar-refractivity contribution >= 4 is 23.6 Å². The van der Waals surface area contributed by atoms with Crippen LogP contribution in [-0.2, 0) is 20.8 Å². The van der Waals surface area contributed by atoms with Crippen LogP contribution in [-0.4, -0.2) is 77.3 Å². The van der Waals surface area contributed by atoms with E-state index in [1.165, 1.54) is 4.90 Å². The maximum atomic E-state index is 13.1. The van der Waals surface area contributed by atoms with Crippen LogP contribution in [0.5, 0.6) is 5.75 Å². The van der Waals surface area contributed by atoms with E-state index in [0.717, 1.165) is 0 Å². The summed E-state index contributed by atoms with van der Waals surface area (Å²) in [7, 11) is 1.63. The number of nitrogens with zero attached hydrogens (tertiary/aromatic N) is 3. The molecule has 2 heterocycles. The number of para-hydroxylation sites is 1. The Kier molecular flexibility index (Phi) is 9.32. The molecule has 0 saturated carbocycles. The van der Waals surface area contributed by atoms with Gasteiger partial charge in [-0.2, -0.15) is 0 Å². The highest BCUT2D eigenvalue weighted by Gasteiger charge is 2.31. The molecule has 3 rings (SSSR count). The molecule has 11 nitrogen and oxygen atoms in total. The van der Waals surface area contributed by atoms with Gasteiger partial charge < -0.3 is 25.6 Å². The first-order chi connectivity index (χ1) is 17.3.